The van der Waals surface area contributed by atoms with Gasteiger partial charge < -0.3 is 10.2 Å². The highest BCUT2D eigenvalue weighted by Crippen LogP contribution is 2.32. The van der Waals surface area contributed by atoms with Gasteiger partial charge in [0.25, 0.3) is 11.8 Å². The van der Waals surface area contributed by atoms with Crippen LogP contribution in [0.1, 0.15) is 44.9 Å². The molecule has 0 radical (unpaired) electrons. The highest BCUT2D eigenvalue weighted by Gasteiger charge is 2.42. The summed E-state index contributed by atoms with van der Waals surface area (Å²) in [4.78, 5) is 26.8. The Bertz CT molecular complexity index is 1170. The molecule has 172 valence electrons. The summed E-state index contributed by atoms with van der Waals surface area (Å²) in [6.45, 7) is 1.26. The summed E-state index contributed by atoms with van der Waals surface area (Å²) in [6.07, 6.45) is -3.05. The molecule has 2 heterocycles. The predicted octanol–water partition coefficient (Wildman–Crippen LogP) is 3.59. The van der Waals surface area contributed by atoms with E-state index in [4.69, 9.17) is 0 Å². The summed E-state index contributed by atoms with van der Waals surface area (Å²) in [5.74, 6) is -1.83. The number of carbonyl (C=O) groups excluding carboxylic acids is 2. The Kier molecular flexibility index (Phi) is 6.12. The van der Waals surface area contributed by atoms with Gasteiger partial charge in [-0.05, 0) is 54.8 Å². The topological polar surface area (TPSA) is 80.1 Å². The maximum atomic E-state index is 13.7. The second-order valence-electron chi connectivity index (χ2n) is 7.55. The van der Waals surface area contributed by atoms with Crippen LogP contribution in [0.3, 0.4) is 0 Å². The minimum absolute atomic E-state index is 0.0941. The Labute approximate surface area is 186 Å². The summed E-state index contributed by atoms with van der Waals surface area (Å²) in [6, 6.07) is 10.7. The number of nitrogens with zero attached hydrogens (tertiary/aromatic N) is 4. The molecule has 1 aliphatic heterocycles. The molecule has 0 aliphatic carbocycles. The van der Waals surface area contributed by atoms with Crippen molar-refractivity contribution >= 4 is 11.8 Å². The maximum absolute atomic E-state index is 13.7. The van der Waals surface area contributed by atoms with Gasteiger partial charge in [-0.25, -0.2) is 9.07 Å². The number of hydrogen-bond acceptors (Lipinski definition) is 4. The van der Waals surface area contributed by atoms with Gasteiger partial charge in [0.2, 0.25) is 0 Å². The van der Waals surface area contributed by atoms with Crippen molar-refractivity contribution in [2.24, 2.45) is 0 Å². The molecule has 7 nitrogen and oxygen atoms in total. The van der Waals surface area contributed by atoms with Crippen molar-refractivity contribution in [3.05, 3.63) is 76.9 Å². The van der Waals surface area contributed by atoms with Crippen LogP contribution in [0.2, 0.25) is 0 Å². The molecule has 0 bridgehead atoms. The van der Waals surface area contributed by atoms with E-state index in [2.05, 4.69) is 15.6 Å². The molecule has 4 rings (SSSR count). The number of alkyl halides is 3. The minimum Gasteiger partial charge on any atom is -0.346 e. The lowest BCUT2D eigenvalue weighted by atomic mass is 10.1. The molecule has 3 aromatic rings. The van der Waals surface area contributed by atoms with Gasteiger partial charge in [0, 0.05) is 25.2 Å². The zero-order chi connectivity index (χ0) is 23.6. The zero-order valence-electron chi connectivity index (χ0n) is 17.3. The molecule has 1 fully saturated rings. The van der Waals surface area contributed by atoms with Gasteiger partial charge in [-0.3, -0.25) is 9.59 Å². The third-order valence-corrected chi connectivity index (χ3v) is 5.25. The van der Waals surface area contributed by atoms with E-state index in [0.29, 0.717) is 28.9 Å². The standard InChI is InChI=1S/C22H19F4N5O2/c23-16-6-8-17(9-7-16)31-19(22(24,25)26)18(28-29-31)20(32)27-13-14-4-3-5-15(12-14)21(33)30-10-1-2-11-30/h3-9,12H,1-2,10-11,13H2,(H,27,32). The average molecular weight is 461 g/mol. The van der Waals surface area contributed by atoms with Crippen molar-refractivity contribution in [2.75, 3.05) is 13.1 Å². The normalized spacial score (nSPS) is 13.9. The van der Waals surface area contributed by atoms with Gasteiger partial charge >= 0.3 is 6.18 Å². The Morgan fingerprint density at radius 2 is 1.73 bits per heavy atom. The summed E-state index contributed by atoms with van der Waals surface area (Å²) >= 11 is 0. The van der Waals surface area contributed by atoms with Gasteiger partial charge in [-0.15, -0.1) is 5.10 Å². The van der Waals surface area contributed by atoms with Crippen molar-refractivity contribution in [3.8, 4) is 5.69 Å². The van der Waals surface area contributed by atoms with Crippen LogP contribution >= 0.6 is 0 Å². The lowest BCUT2D eigenvalue weighted by Gasteiger charge is -2.15. The molecule has 11 heteroatoms. The minimum atomic E-state index is -4.94. The van der Waals surface area contributed by atoms with Crippen LogP contribution in [0.5, 0.6) is 0 Å². The quantitative estimate of drug-likeness (QED) is 0.589. The Hall–Kier alpha value is -3.76. The first-order valence-corrected chi connectivity index (χ1v) is 10.2. The molecular formula is C22H19F4N5O2. The van der Waals surface area contributed by atoms with Crippen molar-refractivity contribution < 1.29 is 27.2 Å². The Balaban J connectivity index is 1.53. The SMILES string of the molecule is O=C(NCc1cccc(C(=O)N2CCCC2)c1)c1nnn(-c2ccc(F)cc2)c1C(F)(F)F. The summed E-state index contributed by atoms with van der Waals surface area (Å²) in [7, 11) is 0. The molecule has 2 aromatic carbocycles. The third-order valence-electron chi connectivity index (χ3n) is 5.25. The van der Waals surface area contributed by atoms with E-state index in [1.807, 2.05) is 0 Å². The predicted molar refractivity (Wildman–Crippen MR) is 109 cm³/mol. The van der Waals surface area contributed by atoms with Crippen molar-refractivity contribution in [2.45, 2.75) is 25.6 Å². The number of rotatable bonds is 5. The highest BCUT2D eigenvalue weighted by atomic mass is 19.4. The number of benzene rings is 2. The van der Waals surface area contributed by atoms with Crippen molar-refractivity contribution in [3.63, 3.8) is 0 Å². The van der Waals surface area contributed by atoms with E-state index in [-0.39, 0.29) is 18.1 Å². The lowest BCUT2D eigenvalue weighted by Crippen LogP contribution is -2.28. The lowest BCUT2D eigenvalue weighted by molar-refractivity contribution is -0.143. The molecule has 1 aromatic heterocycles. The molecule has 0 spiro atoms. The van der Waals surface area contributed by atoms with Crippen LogP contribution < -0.4 is 5.32 Å². The molecular weight excluding hydrogens is 442 g/mol. The Morgan fingerprint density at radius 1 is 1.03 bits per heavy atom. The van der Waals surface area contributed by atoms with E-state index in [1.165, 1.54) is 0 Å². The van der Waals surface area contributed by atoms with Crippen LogP contribution in [-0.4, -0.2) is 44.8 Å². The smallest absolute Gasteiger partial charge is 0.346 e. The van der Waals surface area contributed by atoms with Crippen LogP contribution in [-0.2, 0) is 12.7 Å². The molecule has 1 aliphatic rings. The van der Waals surface area contributed by atoms with Gasteiger partial charge in [-0.1, -0.05) is 17.3 Å². The van der Waals surface area contributed by atoms with E-state index in [1.54, 1.807) is 29.2 Å². The van der Waals surface area contributed by atoms with E-state index < -0.39 is 29.3 Å². The third kappa shape index (κ3) is 4.86. The van der Waals surface area contributed by atoms with Gasteiger partial charge in [0.15, 0.2) is 11.4 Å². The number of amides is 2. The average Bonchev–Trinajstić information content (AvgIpc) is 3.48. The number of carbonyl (C=O) groups is 2. The first-order chi connectivity index (χ1) is 15.7. The van der Waals surface area contributed by atoms with Gasteiger partial charge in [0.05, 0.1) is 5.69 Å². The molecule has 33 heavy (non-hydrogen) atoms. The van der Waals surface area contributed by atoms with Crippen molar-refractivity contribution in [1.29, 1.82) is 0 Å². The zero-order valence-corrected chi connectivity index (χ0v) is 17.3. The molecule has 0 unspecified atom stereocenters. The van der Waals surface area contributed by atoms with Crippen LogP contribution in [0.15, 0.2) is 48.5 Å². The van der Waals surface area contributed by atoms with E-state index >= 15 is 0 Å². The van der Waals surface area contributed by atoms with Crippen molar-refractivity contribution in [1.82, 2.24) is 25.2 Å². The molecule has 1 N–H and O–H groups in total. The molecule has 1 saturated heterocycles. The van der Waals surface area contributed by atoms with Crippen LogP contribution in [0, 0.1) is 5.82 Å². The second-order valence-corrected chi connectivity index (χ2v) is 7.55. The highest BCUT2D eigenvalue weighted by molar-refractivity contribution is 5.95. The van der Waals surface area contributed by atoms with Crippen LogP contribution in [0.4, 0.5) is 17.6 Å². The molecule has 2 amide bonds. The first-order valence-electron chi connectivity index (χ1n) is 10.2. The Morgan fingerprint density at radius 3 is 2.39 bits per heavy atom. The maximum Gasteiger partial charge on any atom is 0.435 e. The molecule has 0 atom stereocenters. The van der Waals surface area contributed by atoms with Crippen LogP contribution in [0.25, 0.3) is 5.69 Å². The summed E-state index contributed by atoms with van der Waals surface area (Å²) < 4.78 is 54.8. The molecule has 0 saturated carbocycles. The summed E-state index contributed by atoms with van der Waals surface area (Å²) in [5.41, 5.74) is -1.38. The first kappa shape index (κ1) is 22.4. The number of aromatic nitrogens is 3. The van der Waals surface area contributed by atoms with Gasteiger partial charge in [-0.2, -0.15) is 13.2 Å². The summed E-state index contributed by atoms with van der Waals surface area (Å²) in [5, 5.41) is 9.27. The van der Waals surface area contributed by atoms with E-state index in [9.17, 15) is 27.2 Å². The fourth-order valence-corrected chi connectivity index (χ4v) is 3.64. The number of nitrogens with one attached hydrogen (secondary N) is 1. The van der Waals surface area contributed by atoms with Gasteiger partial charge in [0.1, 0.15) is 5.82 Å². The largest absolute Gasteiger partial charge is 0.435 e. The fraction of sp³-hybridized carbons (Fsp3) is 0.273. The number of halogens is 4. The fourth-order valence-electron chi connectivity index (χ4n) is 3.64. The second kappa shape index (κ2) is 9.00. The number of likely N-dealkylation sites (tertiary alicyclic amines) is 1. The monoisotopic (exact) mass is 461 g/mol. The van der Waals surface area contributed by atoms with E-state index in [0.717, 1.165) is 37.1 Å². The number of hydrogen-bond donors (Lipinski definition) is 1.